The van der Waals surface area contributed by atoms with E-state index in [1.807, 2.05) is 6.92 Å². The fourth-order valence-electron chi connectivity index (χ4n) is 3.09. The van der Waals surface area contributed by atoms with E-state index >= 15 is 0 Å². The van der Waals surface area contributed by atoms with Gasteiger partial charge in [-0.1, -0.05) is 51.4 Å². The average molecular weight is 364 g/mol. The third-order valence-corrected chi connectivity index (χ3v) is 4.85. The Morgan fingerprint density at radius 2 is 1.92 bits per heavy atom. The van der Waals surface area contributed by atoms with Gasteiger partial charge in [0, 0.05) is 24.0 Å². The van der Waals surface area contributed by atoms with Crippen LogP contribution in [0.5, 0.6) is 0 Å². The summed E-state index contributed by atoms with van der Waals surface area (Å²) >= 11 is 0. The lowest BCUT2D eigenvalue weighted by Gasteiger charge is -2.13. The number of allylic oxidation sites excluding steroid dienone is 1. The summed E-state index contributed by atoms with van der Waals surface area (Å²) < 4.78 is 0. The quantitative estimate of drug-likeness (QED) is 0.386. The van der Waals surface area contributed by atoms with Gasteiger partial charge < -0.3 is 15.3 Å². The summed E-state index contributed by atoms with van der Waals surface area (Å²) in [7, 11) is 0. The monoisotopic (exact) mass is 364 g/mol. The van der Waals surface area contributed by atoms with Gasteiger partial charge in [0.1, 0.15) is 6.10 Å². The van der Waals surface area contributed by atoms with Crippen molar-refractivity contribution in [3.8, 4) is 11.8 Å². The van der Waals surface area contributed by atoms with Gasteiger partial charge in [0.15, 0.2) is 5.78 Å². The summed E-state index contributed by atoms with van der Waals surface area (Å²) in [4.78, 5) is 22.6. The number of ketones is 1. The molecule has 0 fully saturated rings. The summed E-state index contributed by atoms with van der Waals surface area (Å²) in [6, 6.07) is 0. The minimum Gasteiger partial charge on any atom is -0.481 e. The Hall–Kier alpha value is -1.64. The number of Topliss-reactive ketones (excluding diaryl/α,β-unsaturated/α-hetero) is 1. The molecule has 3 atom stereocenters. The number of hydrogen-bond acceptors (Lipinski definition) is 4. The van der Waals surface area contributed by atoms with Crippen molar-refractivity contribution in [1.29, 1.82) is 0 Å². The lowest BCUT2D eigenvalue weighted by Crippen LogP contribution is -2.15. The molecule has 0 aliphatic heterocycles. The van der Waals surface area contributed by atoms with Crippen molar-refractivity contribution < 1.29 is 24.9 Å². The molecule has 0 saturated carbocycles. The van der Waals surface area contributed by atoms with Crippen molar-refractivity contribution in [1.82, 2.24) is 0 Å². The summed E-state index contributed by atoms with van der Waals surface area (Å²) in [5.74, 6) is 4.88. The first kappa shape index (κ1) is 22.4. The average Bonchev–Trinajstić information content (AvgIpc) is 2.86. The summed E-state index contributed by atoms with van der Waals surface area (Å²) in [5.41, 5.74) is 1.04. The van der Waals surface area contributed by atoms with Crippen molar-refractivity contribution in [3.05, 3.63) is 11.1 Å². The maximum atomic E-state index is 12.1. The summed E-state index contributed by atoms with van der Waals surface area (Å²) in [6.07, 6.45) is 5.24. The standard InChI is InChI=1S/C21H32O5/c1-3-4-9-15(2)18(22)13-12-17-16(19(23)14-20(17)24)10-7-5-6-8-11-21(25)26/h15,18,20,22,24H,3-11,14H2,1-2H3,(H,25,26). The number of aliphatic hydroxyl groups excluding tert-OH is 2. The van der Waals surface area contributed by atoms with E-state index in [0.29, 0.717) is 24.0 Å². The second-order valence-corrected chi connectivity index (χ2v) is 7.18. The third kappa shape index (κ3) is 7.72. The fraction of sp³-hybridized carbons (Fsp3) is 0.714. The highest BCUT2D eigenvalue weighted by atomic mass is 16.4. The van der Waals surface area contributed by atoms with Crippen LogP contribution in [0.4, 0.5) is 0 Å². The molecule has 26 heavy (non-hydrogen) atoms. The molecule has 0 heterocycles. The van der Waals surface area contributed by atoms with Crippen LogP contribution >= 0.6 is 0 Å². The number of aliphatic hydroxyl groups is 2. The minimum atomic E-state index is -0.866. The SMILES string of the molecule is CCCCC(C)C(O)C#CC1=C(CCCCCCC(=O)O)C(=O)CC1O. The fourth-order valence-corrected chi connectivity index (χ4v) is 3.09. The van der Waals surface area contributed by atoms with E-state index in [4.69, 9.17) is 5.11 Å². The van der Waals surface area contributed by atoms with E-state index in [-0.39, 0.29) is 24.5 Å². The molecule has 1 aliphatic carbocycles. The van der Waals surface area contributed by atoms with Crippen LogP contribution in [0.15, 0.2) is 11.1 Å². The second-order valence-electron chi connectivity index (χ2n) is 7.18. The molecule has 1 aliphatic rings. The second kappa shape index (κ2) is 11.9. The molecule has 0 saturated heterocycles. The molecule has 3 unspecified atom stereocenters. The van der Waals surface area contributed by atoms with E-state index in [1.165, 1.54) is 0 Å². The van der Waals surface area contributed by atoms with Gasteiger partial charge in [-0.25, -0.2) is 0 Å². The van der Waals surface area contributed by atoms with Crippen LogP contribution in [-0.2, 0) is 9.59 Å². The number of unbranched alkanes of at least 4 members (excludes halogenated alkanes) is 4. The molecule has 1 rings (SSSR count). The van der Waals surface area contributed by atoms with Crippen LogP contribution in [0.1, 0.15) is 78.1 Å². The van der Waals surface area contributed by atoms with Crippen molar-refractivity contribution in [2.75, 3.05) is 0 Å². The number of carboxylic acids is 1. The lowest BCUT2D eigenvalue weighted by molar-refractivity contribution is -0.137. The highest BCUT2D eigenvalue weighted by molar-refractivity contribution is 6.00. The number of aliphatic carboxylic acids is 1. The Morgan fingerprint density at radius 3 is 2.58 bits per heavy atom. The first-order chi connectivity index (χ1) is 12.4. The minimum absolute atomic E-state index is 0.0648. The molecular formula is C21H32O5. The van der Waals surface area contributed by atoms with Crippen LogP contribution in [0.3, 0.4) is 0 Å². The molecule has 5 nitrogen and oxygen atoms in total. The van der Waals surface area contributed by atoms with Gasteiger partial charge in [-0.3, -0.25) is 9.59 Å². The molecular weight excluding hydrogens is 332 g/mol. The summed E-state index contributed by atoms with van der Waals surface area (Å²) in [5, 5.41) is 28.9. The van der Waals surface area contributed by atoms with Crippen LogP contribution in [0, 0.1) is 17.8 Å². The number of hydrogen-bond donors (Lipinski definition) is 3. The van der Waals surface area contributed by atoms with Gasteiger partial charge in [-0.2, -0.15) is 0 Å². The molecule has 0 bridgehead atoms. The van der Waals surface area contributed by atoms with Crippen molar-refractivity contribution in [2.45, 2.75) is 90.3 Å². The van der Waals surface area contributed by atoms with Crippen LogP contribution in [0.2, 0.25) is 0 Å². The van der Waals surface area contributed by atoms with Gasteiger partial charge in [0.05, 0.1) is 6.10 Å². The van der Waals surface area contributed by atoms with Gasteiger partial charge in [-0.15, -0.1) is 0 Å². The van der Waals surface area contributed by atoms with Crippen LogP contribution in [0.25, 0.3) is 0 Å². The highest BCUT2D eigenvalue weighted by Crippen LogP contribution is 2.27. The van der Waals surface area contributed by atoms with E-state index in [1.54, 1.807) is 0 Å². The normalized spacial score (nSPS) is 19.2. The van der Waals surface area contributed by atoms with Gasteiger partial charge in [-0.05, 0) is 31.6 Å². The van der Waals surface area contributed by atoms with Crippen LogP contribution < -0.4 is 0 Å². The predicted molar refractivity (Wildman–Crippen MR) is 100 cm³/mol. The smallest absolute Gasteiger partial charge is 0.303 e. The Labute approximate surface area is 156 Å². The number of carbonyl (C=O) groups is 2. The molecule has 3 N–H and O–H groups in total. The van der Waals surface area contributed by atoms with E-state index in [0.717, 1.165) is 38.5 Å². The Bertz CT molecular complexity index is 567. The third-order valence-electron chi connectivity index (χ3n) is 4.85. The maximum absolute atomic E-state index is 12.1. The predicted octanol–water partition coefficient (Wildman–Crippen LogP) is 3.23. The lowest BCUT2D eigenvalue weighted by atomic mass is 9.97. The molecule has 0 amide bonds. The molecule has 0 aromatic heterocycles. The maximum Gasteiger partial charge on any atom is 0.303 e. The van der Waals surface area contributed by atoms with Gasteiger partial charge >= 0.3 is 5.97 Å². The largest absolute Gasteiger partial charge is 0.481 e. The Kier molecular flexibility index (Phi) is 10.2. The molecule has 0 radical (unpaired) electrons. The van der Waals surface area contributed by atoms with Crippen molar-refractivity contribution >= 4 is 11.8 Å². The van der Waals surface area contributed by atoms with E-state index < -0.39 is 18.2 Å². The summed E-state index contributed by atoms with van der Waals surface area (Å²) in [6.45, 7) is 4.06. The van der Waals surface area contributed by atoms with Crippen LogP contribution in [-0.4, -0.2) is 39.3 Å². The molecule has 5 heteroatoms. The molecule has 0 aromatic rings. The van der Waals surface area contributed by atoms with Gasteiger partial charge in [0.25, 0.3) is 0 Å². The first-order valence-electron chi connectivity index (χ1n) is 9.72. The zero-order valence-corrected chi connectivity index (χ0v) is 16.0. The number of carbonyl (C=O) groups excluding carboxylic acids is 1. The first-order valence-corrected chi connectivity index (χ1v) is 9.72. The topological polar surface area (TPSA) is 94.8 Å². The van der Waals surface area contributed by atoms with Gasteiger partial charge in [0.2, 0.25) is 0 Å². The zero-order chi connectivity index (χ0) is 19.5. The molecule has 0 aromatic carbocycles. The van der Waals surface area contributed by atoms with Crippen molar-refractivity contribution in [2.24, 2.45) is 5.92 Å². The van der Waals surface area contributed by atoms with E-state index in [9.17, 15) is 19.8 Å². The molecule has 146 valence electrons. The number of rotatable bonds is 11. The highest BCUT2D eigenvalue weighted by Gasteiger charge is 2.29. The Morgan fingerprint density at radius 1 is 1.23 bits per heavy atom. The number of carboxylic acid groups (broad SMARTS) is 1. The zero-order valence-electron chi connectivity index (χ0n) is 16.0. The Balaban J connectivity index is 2.62. The van der Waals surface area contributed by atoms with E-state index in [2.05, 4.69) is 18.8 Å². The molecule has 0 spiro atoms. The van der Waals surface area contributed by atoms with Crippen molar-refractivity contribution in [3.63, 3.8) is 0 Å².